The molecule has 0 spiro atoms. The van der Waals surface area contributed by atoms with Gasteiger partial charge in [-0.3, -0.25) is 0 Å². The lowest BCUT2D eigenvalue weighted by Gasteiger charge is -2.34. The van der Waals surface area contributed by atoms with E-state index in [1.165, 1.54) is 55.6 Å². The van der Waals surface area contributed by atoms with Gasteiger partial charge in [-0.25, -0.2) is 0 Å². The van der Waals surface area contributed by atoms with Crippen LogP contribution in [0.1, 0.15) is 22.3 Å². The first-order valence-corrected chi connectivity index (χ1v) is 23.7. The van der Waals surface area contributed by atoms with Gasteiger partial charge in [0.05, 0.1) is 11.1 Å². The summed E-state index contributed by atoms with van der Waals surface area (Å²) in [5, 5.41) is 2.24. The van der Waals surface area contributed by atoms with E-state index in [2.05, 4.69) is 272 Å². The Morgan fingerprint density at radius 3 is 1.52 bits per heavy atom. The second-order valence-corrected chi connectivity index (χ2v) is 17.9. The first kappa shape index (κ1) is 40.3. The van der Waals surface area contributed by atoms with Crippen LogP contribution in [-0.4, -0.2) is 0 Å². The number of rotatable bonds is 9. The Morgan fingerprint density at radius 2 is 0.797 bits per heavy atom. The van der Waals surface area contributed by atoms with Crippen LogP contribution in [-0.2, 0) is 5.41 Å². The summed E-state index contributed by atoms with van der Waals surface area (Å²) in [6.07, 6.45) is 0. The van der Waals surface area contributed by atoms with Crippen LogP contribution in [0.15, 0.2) is 277 Å². The van der Waals surface area contributed by atoms with Crippen molar-refractivity contribution >= 4 is 39.0 Å². The van der Waals surface area contributed by atoms with Crippen LogP contribution in [0.25, 0.3) is 77.6 Å². The van der Waals surface area contributed by atoms with Crippen molar-refractivity contribution in [3.8, 4) is 55.6 Å². The maximum absolute atomic E-state index is 6.39. The fraction of sp³-hybridized carbons (Fsp3) is 0.0149. The molecule has 0 bridgehead atoms. The zero-order valence-corrected chi connectivity index (χ0v) is 37.8. The van der Waals surface area contributed by atoms with Crippen molar-refractivity contribution in [3.63, 3.8) is 0 Å². The summed E-state index contributed by atoms with van der Waals surface area (Å²) < 4.78 is 6.39. The number of nitrogens with zero attached hydrogens (tertiary/aromatic N) is 1. The van der Waals surface area contributed by atoms with E-state index in [1.54, 1.807) is 0 Å². The number of anilines is 3. The molecule has 69 heavy (non-hydrogen) atoms. The van der Waals surface area contributed by atoms with Gasteiger partial charge in [0.25, 0.3) is 0 Å². The monoisotopic (exact) mass is 879 g/mol. The highest BCUT2D eigenvalue weighted by Crippen LogP contribution is 2.59. The minimum absolute atomic E-state index is 0.513. The number of hydrogen-bond donors (Lipinski definition) is 0. The highest BCUT2D eigenvalue weighted by atomic mass is 16.3. The maximum Gasteiger partial charge on any atom is 0.136 e. The van der Waals surface area contributed by atoms with E-state index >= 15 is 0 Å². The molecule has 1 aliphatic carbocycles. The molecule has 0 unspecified atom stereocenters. The van der Waals surface area contributed by atoms with Gasteiger partial charge in [-0.15, -0.1) is 0 Å². The molecule has 2 heteroatoms. The van der Waals surface area contributed by atoms with Crippen molar-refractivity contribution in [1.29, 1.82) is 0 Å². The molecule has 1 aliphatic rings. The highest BCUT2D eigenvalue weighted by Gasteiger charge is 2.47. The van der Waals surface area contributed by atoms with E-state index in [0.29, 0.717) is 0 Å². The molecule has 12 aromatic rings. The van der Waals surface area contributed by atoms with Crippen LogP contribution in [0.5, 0.6) is 0 Å². The first-order valence-electron chi connectivity index (χ1n) is 23.7. The molecule has 0 saturated heterocycles. The summed E-state index contributed by atoms with van der Waals surface area (Å²) in [5.74, 6) is 0. The molecule has 0 saturated carbocycles. The highest BCUT2D eigenvalue weighted by molar-refractivity contribution is 6.12. The Kier molecular flexibility index (Phi) is 9.77. The summed E-state index contributed by atoms with van der Waals surface area (Å²) in [5.41, 5.74) is 21.4. The molecule has 0 amide bonds. The van der Waals surface area contributed by atoms with Crippen LogP contribution in [0, 0.1) is 0 Å². The third kappa shape index (κ3) is 6.64. The molecule has 0 radical (unpaired) electrons. The molecule has 0 aliphatic heterocycles. The van der Waals surface area contributed by atoms with Gasteiger partial charge >= 0.3 is 0 Å². The van der Waals surface area contributed by atoms with Gasteiger partial charge in [0.15, 0.2) is 0 Å². The molecule has 11 aromatic carbocycles. The summed E-state index contributed by atoms with van der Waals surface area (Å²) in [7, 11) is 0. The Labute approximate surface area is 402 Å². The molecule has 324 valence electrons. The molecular weight excluding hydrogens is 835 g/mol. The third-order valence-corrected chi connectivity index (χ3v) is 14.2. The SMILES string of the molecule is c1ccc(-c2ccc(-c3ccc(N(c4cccc(-c5cccc6oc7ccccc7c56)c4)c4ccccc4-c4cccc5c4-c4ccccc4C5(c4ccccc4)c4ccccc4)cc3)cc2)cc1. The lowest BCUT2D eigenvalue weighted by atomic mass is 9.67. The largest absolute Gasteiger partial charge is 0.456 e. The van der Waals surface area contributed by atoms with Crippen LogP contribution >= 0.6 is 0 Å². The second kappa shape index (κ2) is 16.7. The summed E-state index contributed by atoms with van der Waals surface area (Å²) >= 11 is 0. The number of hydrogen-bond acceptors (Lipinski definition) is 2. The van der Waals surface area contributed by atoms with Crippen molar-refractivity contribution in [2.45, 2.75) is 5.41 Å². The standard InChI is InChI=1S/C67H45NO/c1-4-19-46(20-5-1)47-37-39-48(40-38-47)49-41-43-53(44-42-49)68(54-26-16-21-50(45-54)55-30-18-36-64-66(55)59-29-12-15-35-63(59)69-64)62-34-14-11-27-56(62)57-31-17-33-61-65(57)58-28-10-13-32-60(58)67(61,51-22-6-2-7-23-51)52-24-8-3-9-25-52/h1-45H. The molecule has 0 atom stereocenters. The van der Waals surface area contributed by atoms with Crippen molar-refractivity contribution < 1.29 is 4.42 Å². The quantitative estimate of drug-likeness (QED) is 0.144. The third-order valence-electron chi connectivity index (χ3n) is 14.2. The average Bonchev–Trinajstić information content (AvgIpc) is 3.97. The van der Waals surface area contributed by atoms with Gasteiger partial charge in [-0.05, 0) is 115 Å². The topological polar surface area (TPSA) is 16.4 Å². The molecule has 1 aromatic heterocycles. The number of fused-ring (bicyclic) bond motifs is 6. The first-order chi connectivity index (χ1) is 34.2. The molecule has 0 N–H and O–H groups in total. The van der Waals surface area contributed by atoms with Crippen LogP contribution in [0.3, 0.4) is 0 Å². The van der Waals surface area contributed by atoms with E-state index in [0.717, 1.165) is 61.3 Å². The molecule has 13 rings (SSSR count). The molecule has 0 fully saturated rings. The van der Waals surface area contributed by atoms with Crippen molar-refractivity contribution in [2.24, 2.45) is 0 Å². The second-order valence-electron chi connectivity index (χ2n) is 17.9. The van der Waals surface area contributed by atoms with E-state index in [1.807, 2.05) is 6.07 Å². The predicted molar refractivity (Wildman–Crippen MR) is 287 cm³/mol. The molecular formula is C67H45NO. The van der Waals surface area contributed by atoms with Gasteiger partial charge in [-0.1, -0.05) is 231 Å². The summed E-state index contributed by atoms with van der Waals surface area (Å²) in [6.45, 7) is 0. The zero-order chi connectivity index (χ0) is 45.7. The van der Waals surface area contributed by atoms with Gasteiger partial charge in [0.2, 0.25) is 0 Å². The Bertz CT molecular complexity index is 3780. The normalized spacial score (nSPS) is 12.5. The summed E-state index contributed by atoms with van der Waals surface area (Å²) in [6, 6.07) is 99.3. The van der Waals surface area contributed by atoms with Crippen molar-refractivity contribution in [1.82, 2.24) is 0 Å². The van der Waals surface area contributed by atoms with Crippen LogP contribution in [0.2, 0.25) is 0 Å². The van der Waals surface area contributed by atoms with E-state index in [-0.39, 0.29) is 0 Å². The maximum atomic E-state index is 6.39. The number of furan rings is 1. The lowest BCUT2D eigenvalue weighted by molar-refractivity contribution is 0.669. The Balaban J connectivity index is 1.01. The average molecular weight is 880 g/mol. The van der Waals surface area contributed by atoms with Crippen molar-refractivity contribution in [2.75, 3.05) is 4.90 Å². The van der Waals surface area contributed by atoms with E-state index in [4.69, 9.17) is 4.42 Å². The lowest BCUT2D eigenvalue weighted by Crippen LogP contribution is -2.28. The smallest absolute Gasteiger partial charge is 0.136 e. The fourth-order valence-electron chi connectivity index (χ4n) is 11.2. The minimum Gasteiger partial charge on any atom is -0.456 e. The predicted octanol–water partition coefficient (Wildman–Crippen LogP) is 18.1. The summed E-state index contributed by atoms with van der Waals surface area (Å²) in [4.78, 5) is 2.44. The zero-order valence-electron chi connectivity index (χ0n) is 37.8. The van der Waals surface area contributed by atoms with Crippen molar-refractivity contribution in [3.05, 3.63) is 295 Å². The van der Waals surface area contributed by atoms with E-state index < -0.39 is 5.41 Å². The fourth-order valence-corrected chi connectivity index (χ4v) is 11.2. The van der Waals surface area contributed by atoms with Gasteiger partial charge in [-0.2, -0.15) is 0 Å². The Hall–Kier alpha value is -8.98. The van der Waals surface area contributed by atoms with Gasteiger partial charge < -0.3 is 9.32 Å². The van der Waals surface area contributed by atoms with Crippen LogP contribution < -0.4 is 4.90 Å². The Morgan fingerprint density at radius 1 is 0.304 bits per heavy atom. The molecule has 2 nitrogen and oxygen atoms in total. The van der Waals surface area contributed by atoms with Crippen LogP contribution in [0.4, 0.5) is 17.1 Å². The van der Waals surface area contributed by atoms with E-state index in [9.17, 15) is 0 Å². The number of benzene rings is 11. The van der Waals surface area contributed by atoms with Gasteiger partial charge in [0.1, 0.15) is 11.2 Å². The minimum atomic E-state index is -0.513. The number of para-hydroxylation sites is 2. The molecule has 1 heterocycles. The van der Waals surface area contributed by atoms with Gasteiger partial charge in [0, 0.05) is 27.7 Å².